The second-order valence-corrected chi connectivity index (χ2v) is 2.73. The first kappa shape index (κ1) is 11.2. The molecule has 0 aliphatic carbocycles. The Balaban J connectivity index is 3.37. The number of Topliss-reactive ketones (excluding diaryl/α,β-unsaturated/α-hetero) is 1. The molecule has 0 fully saturated rings. The Morgan fingerprint density at radius 3 is 2.58 bits per heavy atom. The van der Waals surface area contributed by atoms with Gasteiger partial charge in [-0.3, -0.25) is 4.79 Å². The standard InChI is InChI=1S/C11H18O/c1-3-5-7-8-10-11(12)9-6-4-2/h4-7H,3,8-10H2,1-2H3. The van der Waals surface area contributed by atoms with Crippen molar-refractivity contribution in [3.05, 3.63) is 24.3 Å². The number of rotatable bonds is 6. The van der Waals surface area contributed by atoms with Crippen molar-refractivity contribution in [2.24, 2.45) is 0 Å². The molecule has 1 heteroatoms. The number of hydrogen-bond donors (Lipinski definition) is 0. The Morgan fingerprint density at radius 1 is 1.25 bits per heavy atom. The fourth-order valence-electron chi connectivity index (χ4n) is 0.880. The van der Waals surface area contributed by atoms with Crippen LogP contribution in [0.15, 0.2) is 24.3 Å². The van der Waals surface area contributed by atoms with E-state index in [0.717, 1.165) is 12.8 Å². The number of carbonyl (C=O) groups excluding carboxylic acids is 1. The summed E-state index contributed by atoms with van der Waals surface area (Å²) in [5.41, 5.74) is 0. The molecule has 0 radical (unpaired) electrons. The normalized spacial score (nSPS) is 11.5. The van der Waals surface area contributed by atoms with E-state index in [-0.39, 0.29) is 0 Å². The predicted octanol–water partition coefficient (Wildman–Crippen LogP) is 3.27. The third-order valence-electron chi connectivity index (χ3n) is 1.57. The second kappa shape index (κ2) is 8.25. The van der Waals surface area contributed by atoms with Gasteiger partial charge in [-0.25, -0.2) is 0 Å². The van der Waals surface area contributed by atoms with E-state index in [9.17, 15) is 4.79 Å². The van der Waals surface area contributed by atoms with Crippen LogP contribution >= 0.6 is 0 Å². The van der Waals surface area contributed by atoms with Gasteiger partial charge in [0.15, 0.2) is 0 Å². The van der Waals surface area contributed by atoms with Crippen LogP contribution in [0.25, 0.3) is 0 Å². The molecule has 0 spiro atoms. The first-order valence-corrected chi connectivity index (χ1v) is 4.59. The molecule has 0 aliphatic heterocycles. The van der Waals surface area contributed by atoms with Crippen LogP contribution in [0.1, 0.15) is 39.5 Å². The van der Waals surface area contributed by atoms with Crippen LogP contribution in [0.3, 0.4) is 0 Å². The molecule has 0 N–H and O–H groups in total. The summed E-state index contributed by atoms with van der Waals surface area (Å²) in [6, 6.07) is 0. The molecule has 0 aliphatic rings. The Bertz CT molecular complexity index is 166. The highest BCUT2D eigenvalue weighted by Crippen LogP contribution is 1.98. The summed E-state index contributed by atoms with van der Waals surface area (Å²) in [5, 5.41) is 0. The van der Waals surface area contributed by atoms with E-state index in [0.29, 0.717) is 18.6 Å². The van der Waals surface area contributed by atoms with Crippen molar-refractivity contribution < 1.29 is 4.79 Å². The van der Waals surface area contributed by atoms with E-state index in [1.165, 1.54) is 0 Å². The van der Waals surface area contributed by atoms with Crippen LogP contribution in [0.2, 0.25) is 0 Å². The van der Waals surface area contributed by atoms with Gasteiger partial charge in [-0.1, -0.05) is 31.2 Å². The van der Waals surface area contributed by atoms with Crippen molar-refractivity contribution in [2.45, 2.75) is 39.5 Å². The van der Waals surface area contributed by atoms with Gasteiger partial charge in [0, 0.05) is 12.8 Å². The van der Waals surface area contributed by atoms with E-state index in [4.69, 9.17) is 0 Å². The second-order valence-electron chi connectivity index (χ2n) is 2.73. The lowest BCUT2D eigenvalue weighted by Crippen LogP contribution is -1.93. The first-order chi connectivity index (χ1) is 5.81. The molecular weight excluding hydrogens is 148 g/mol. The summed E-state index contributed by atoms with van der Waals surface area (Å²) in [5.74, 6) is 0.328. The lowest BCUT2D eigenvalue weighted by atomic mass is 10.1. The maximum atomic E-state index is 11.1. The molecular formula is C11H18O. The zero-order valence-electron chi connectivity index (χ0n) is 8.05. The summed E-state index contributed by atoms with van der Waals surface area (Å²) >= 11 is 0. The number of carbonyl (C=O) groups is 1. The Labute approximate surface area is 75.2 Å². The lowest BCUT2D eigenvalue weighted by molar-refractivity contribution is -0.118. The maximum Gasteiger partial charge on any atom is 0.136 e. The molecule has 68 valence electrons. The number of hydrogen-bond acceptors (Lipinski definition) is 1. The summed E-state index contributed by atoms with van der Waals surface area (Å²) in [6.45, 7) is 4.03. The quantitative estimate of drug-likeness (QED) is 0.553. The van der Waals surface area contributed by atoms with E-state index >= 15 is 0 Å². The molecule has 0 rings (SSSR count). The molecule has 0 aromatic carbocycles. The van der Waals surface area contributed by atoms with E-state index in [2.05, 4.69) is 19.1 Å². The smallest absolute Gasteiger partial charge is 0.136 e. The van der Waals surface area contributed by atoms with Gasteiger partial charge in [-0.15, -0.1) is 0 Å². The number of ketones is 1. The third-order valence-corrected chi connectivity index (χ3v) is 1.57. The molecule has 0 aromatic rings. The molecule has 0 amide bonds. The summed E-state index contributed by atoms with van der Waals surface area (Å²) in [6.07, 6.45) is 11.2. The summed E-state index contributed by atoms with van der Waals surface area (Å²) < 4.78 is 0. The van der Waals surface area contributed by atoms with Gasteiger partial charge in [0.2, 0.25) is 0 Å². The molecule has 0 heterocycles. The zero-order valence-corrected chi connectivity index (χ0v) is 8.05. The van der Waals surface area contributed by atoms with E-state index < -0.39 is 0 Å². The van der Waals surface area contributed by atoms with Gasteiger partial charge in [0.25, 0.3) is 0 Å². The van der Waals surface area contributed by atoms with E-state index in [1.807, 2.05) is 19.1 Å². The summed E-state index contributed by atoms with van der Waals surface area (Å²) in [4.78, 5) is 11.1. The van der Waals surface area contributed by atoms with E-state index in [1.54, 1.807) is 0 Å². The van der Waals surface area contributed by atoms with Gasteiger partial charge in [-0.05, 0) is 19.8 Å². The summed E-state index contributed by atoms with van der Waals surface area (Å²) in [7, 11) is 0. The van der Waals surface area contributed by atoms with Gasteiger partial charge in [-0.2, -0.15) is 0 Å². The SMILES string of the molecule is CC=CCC(=O)CCC=CCC. The van der Waals surface area contributed by atoms with Crippen molar-refractivity contribution in [3.8, 4) is 0 Å². The average molecular weight is 166 g/mol. The van der Waals surface area contributed by atoms with Crippen LogP contribution in [-0.4, -0.2) is 5.78 Å². The van der Waals surface area contributed by atoms with Crippen LogP contribution < -0.4 is 0 Å². The molecule has 12 heavy (non-hydrogen) atoms. The Morgan fingerprint density at radius 2 is 2.00 bits per heavy atom. The minimum Gasteiger partial charge on any atom is -0.299 e. The Hall–Kier alpha value is -0.850. The largest absolute Gasteiger partial charge is 0.299 e. The van der Waals surface area contributed by atoms with Gasteiger partial charge in [0.1, 0.15) is 5.78 Å². The van der Waals surface area contributed by atoms with Crippen molar-refractivity contribution in [1.82, 2.24) is 0 Å². The highest BCUT2D eigenvalue weighted by Gasteiger charge is 1.95. The molecule has 0 unspecified atom stereocenters. The van der Waals surface area contributed by atoms with Crippen LogP contribution in [0.4, 0.5) is 0 Å². The van der Waals surface area contributed by atoms with Crippen molar-refractivity contribution in [3.63, 3.8) is 0 Å². The monoisotopic (exact) mass is 166 g/mol. The average Bonchev–Trinajstić information content (AvgIpc) is 2.09. The van der Waals surface area contributed by atoms with Crippen LogP contribution in [0, 0.1) is 0 Å². The molecule has 0 aromatic heterocycles. The fourth-order valence-corrected chi connectivity index (χ4v) is 0.880. The molecule has 0 bridgehead atoms. The highest BCUT2D eigenvalue weighted by molar-refractivity contribution is 5.79. The van der Waals surface area contributed by atoms with Crippen molar-refractivity contribution >= 4 is 5.78 Å². The Kier molecular flexibility index (Phi) is 7.66. The molecule has 0 atom stereocenters. The van der Waals surface area contributed by atoms with Crippen molar-refractivity contribution in [1.29, 1.82) is 0 Å². The van der Waals surface area contributed by atoms with Gasteiger partial charge in [0.05, 0.1) is 0 Å². The zero-order chi connectivity index (χ0) is 9.23. The minimum atomic E-state index is 0.328. The maximum absolute atomic E-state index is 11.1. The number of allylic oxidation sites excluding steroid dienone is 4. The molecule has 1 nitrogen and oxygen atoms in total. The topological polar surface area (TPSA) is 17.1 Å². The third kappa shape index (κ3) is 7.26. The van der Waals surface area contributed by atoms with Crippen LogP contribution in [0.5, 0.6) is 0 Å². The van der Waals surface area contributed by atoms with Crippen molar-refractivity contribution in [2.75, 3.05) is 0 Å². The molecule has 0 saturated heterocycles. The highest BCUT2D eigenvalue weighted by atomic mass is 16.1. The predicted molar refractivity (Wildman–Crippen MR) is 53.1 cm³/mol. The first-order valence-electron chi connectivity index (χ1n) is 4.59. The van der Waals surface area contributed by atoms with Gasteiger partial charge >= 0.3 is 0 Å². The van der Waals surface area contributed by atoms with Gasteiger partial charge < -0.3 is 0 Å². The molecule has 0 saturated carbocycles. The van der Waals surface area contributed by atoms with Crippen LogP contribution in [-0.2, 0) is 4.79 Å². The fraction of sp³-hybridized carbons (Fsp3) is 0.545. The lowest BCUT2D eigenvalue weighted by Gasteiger charge is -1.92. The minimum absolute atomic E-state index is 0.328.